The van der Waals surface area contributed by atoms with E-state index < -0.39 is 16.1 Å². The van der Waals surface area contributed by atoms with Crippen LogP contribution >= 0.6 is 0 Å². The lowest BCUT2D eigenvalue weighted by molar-refractivity contribution is -0.126. The van der Waals surface area contributed by atoms with Crippen LogP contribution in [0.2, 0.25) is 0 Å². The van der Waals surface area contributed by atoms with Crippen LogP contribution in [-0.4, -0.2) is 37.5 Å². The van der Waals surface area contributed by atoms with Crippen molar-refractivity contribution in [3.8, 4) is 0 Å². The molecule has 3 rings (SSSR count). The number of Topliss-reactive ketones (excluding diaryl/α,β-unsaturated/α-hetero) is 1. The largest absolute Gasteiger partial charge is 0.353 e. The molecule has 136 valence electrons. The Morgan fingerprint density at radius 2 is 1.85 bits per heavy atom. The molecule has 0 bridgehead atoms. The van der Waals surface area contributed by atoms with Gasteiger partial charge in [0.25, 0.3) is 0 Å². The minimum Gasteiger partial charge on any atom is -0.353 e. The van der Waals surface area contributed by atoms with Crippen molar-refractivity contribution in [2.75, 3.05) is 13.1 Å². The molecule has 26 heavy (non-hydrogen) atoms. The van der Waals surface area contributed by atoms with E-state index >= 15 is 0 Å². The number of carbonyl (C=O) groups excluding carboxylic acids is 2. The van der Waals surface area contributed by atoms with Crippen LogP contribution in [0.25, 0.3) is 0 Å². The fraction of sp³-hybridized carbons (Fsp3) is 0.263. The first-order chi connectivity index (χ1) is 12.3. The molecule has 1 N–H and O–H groups in total. The van der Waals surface area contributed by atoms with Gasteiger partial charge in [0.15, 0.2) is 5.78 Å². The van der Waals surface area contributed by atoms with Gasteiger partial charge in [0.2, 0.25) is 15.9 Å². The maximum Gasteiger partial charge on any atom is 0.244 e. The van der Waals surface area contributed by atoms with Crippen molar-refractivity contribution in [3.05, 3.63) is 65.2 Å². The van der Waals surface area contributed by atoms with E-state index in [0.717, 1.165) is 5.56 Å². The van der Waals surface area contributed by atoms with Crippen molar-refractivity contribution >= 4 is 21.7 Å². The van der Waals surface area contributed by atoms with Gasteiger partial charge in [-0.2, -0.15) is 4.31 Å². The average Bonchev–Trinajstić information content (AvgIpc) is 2.61. The van der Waals surface area contributed by atoms with Crippen molar-refractivity contribution < 1.29 is 18.0 Å². The van der Waals surface area contributed by atoms with Crippen LogP contribution in [0.15, 0.2) is 53.4 Å². The SMILES string of the molecule is CC(=O)c1ccc(S(=O)(=O)N2CCNC(=O)C2c2cccc(C)c2)cc1. The van der Waals surface area contributed by atoms with Crippen molar-refractivity contribution in [1.29, 1.82) is 0 Å². The third-order valence-electron chi connectivity index (χ3n) is 4.39. The number of nitrogens with zero attached hydrogens (tertiary/aromatic N) is 1. The van der Waals surface area contributed by atoms with Crippen LogP contribution in [0, 0.1) is 6.92 Å². The third-order valence-corrected chi connectivity index (χ3v) is 6.27. The smallest absolute Gasteiger partial charge is 0.244 e. The second kappa shape index (κ2) is 7.01. The molecule has 0 spiro atoms. The number of amides is 1. The predicted molar refractivity (Wildman–Crippen MR) is 97.3 cm³/mol. The Morgan fingerprint density at radius 1 is 1.15 bits per heavy atom. The summed E-state index contributed by atoms with van der Waals surface area (Å²) < 4.78 is 27.5. The maximum atomic E-state index is 13.1. The summed E-state index contributed by atoms with van der Waals surface area (Å²) in [6, 6.07) is 12.1. The number of hydrogen-bond acceptors (Lipinski definition) is 4. The van der Waals surface area contributed by atoms with Crippen LogP contribution in [0.3, 0.4) is 0 Å². The van der Waals surface area contributed by atoms with Gasteiger partial charge in [-0.25, -0.2) is 8.42 Å². The van der Waals surface area contributed by atoms with Crippen LogP contribution in [0.4, 0.5) is 0 Å². The van der Waals surface area contributed by atoms with Crippen LogP contribution in [0.5, 0.6) is 0 Å². The highest BCUT2D eigenvalue weighted by Gasteiger charge is 2.39. The van der Waals surface area contributed by atoms with Crippen molar-refractivity contribution in [1.82, 2.24) is 9.62 Å². The maximum absolute atomic E-state index is 13.1. The van der Waals surface area contributed by atoms with Crippen molar-refractivity contribution in [2.24, 2.45) is 0 Å². The molecule has 1 aliphatic rings. The number of hydrogen-bond donors (Lipinski definition) is 1. The molecule has 6 nitrogen and oxygen atoms in total. The minimum atomic E-state index is -3.89. The summed E-state index contributed by atoms with van der Waals surface area (Å²) in [6.45, 7) is 3.75. The molecule has 1 fully saturated rings. The minimum absolute atomic E-state index is 0.0647. The number of aryl methyl sites for hydroxylation is 1. The Balaban J connectivity index is 2.03. The Morgan fingerprint density at radius 3 is 2.46 bits per heavy atom. The third kappa shape index (κ3) is 3.40. The molecule has 0 saturated carbocycles. The normalized spacial score (nSPS) is 18.4. The molecule has 1 aliphatic heterocycles. The molecule has 1 saturated heterocycles. The highest BCUT2D eigenvalue weighted by atomic mass is 32.2. The quantitative estimate of drug-likeness (QED) is 0.833. The highest BCUT2D eigenvalue weighted by Crippen LogP contribution is 2.30. The van der Waals surface area contributed by atoms with E-state index in [1.807, 2.05) is 19.1 Å². The van der Waals surface area contributed by atoms with E-state index in [1.165, 1.54) is 35.5 Å². The summed E-state index contributed by atoms with van der Waals surface area (Å²) in [5, 5.41) is 2.74. The lowest BCUT2D eigenvalue weighted by atomic mass is 10.0. The van der Waals surface area contributed by atoms with Gasteiger partial charge < -0.3 is 5.32 Å². The zero-order valence-electron chi connectivity index (χ0n) is 14.6. The van der Waals surface area contributed by atoms with Gasteiger partial charge in [0.1, 0.15) is 6.04 Å². The summed E-state index contributed by atoms with van der Waals surface area (Å²) in [6.07, 6.45) is 0. The van der Waals surface area contributed by atoms with E-state index in [2.05, 4.69) is 5.32 Å². The number of carbonyl (C=O) groups is 2. The Labute approximate surface area is 152 Å². The second-order valence-electron chi connectivity index (χ2n) is 6.30. The van der Waals surface area contributed by atoms with Crippen LogP contribution in [0.1, 0.15) is 34.5 Å². The number of sulfonamides is 1. The summed E-state index contributed by atoms with van der Waals surface area (Å²) in [4.78, 5) is 23.9. The molecule has 0 aromatic heterocycles. The molecule has 1 heterocycles. The fourth-order valence-corrected chi connectivity index (χ4v) is 4.64. The molecule has 2 aromatic carbocycles. The first-order valence-electron chi connectivity index (χ1n) is 8.28. The molecular formula is C19H20N2O4S. The predicted octanol–water partition coefficient (Wildman–Crippen LogP) is 2.06. The van der Waals surface area contributed by atoms with Crippen LogP contribution < -0.4 is 5.32 Å². The number of nitrogens with one attached hydrogen (secondary N) is 1. The van der Waals surface area contributed by atoms with Gasteiger partial charge in [-0.15, -0.1) is 0 Å². The molecule has 7 heteroatoms. The highest BCUT2D eigenvalue weighted by molar-refractivity contribution is 7.89. The van der Waals surface area contributed by atoms with Gasteiger partial charge in [0, 0.05) is 18.7 Å². The molecule has 1 unspecified atom stereocenters. The Kier molecular flexibility index (Phi) is 4.93. The summed E-state index contributed by atoms with van der Waals surface area (Å²) >= 11 is 0. The lowest BCUT2D eigenvalue weighted by Crippen LogP contribution is -2.52. The van der Waals surface area contributed by atoms with E-state index in [-0.39, 0.29) is 29.7 Å². The van der Waals surface area contributed by atoms with Gasteiger partial charge in [0.05, 0.1) is 4.90 Å². The standard InChI is InChI=1S/C19H20N2O4S/c1-13-4-3-5-16(12-13)18-19(23)20-10-11-21(18)26(24,25)17-8-6-15(7-9-17)14(2)22/h3-9,12,18H,10-11H2,1-2H3,(H,20,23). The Bertz CT molecular complexity index is 952. The van der Waals surface area contributed by atoms with E-state index in [1.54, 1.807) is 12.1 Å². The topological polar surface area (TPSA) is 83.6 Å². The van der Waals surface area contributed by atoms with Crippen LogP contribution in [-0.2, 0) is 14.8 Å². The van der Waals surface area contributed by atoms with Gasteiger partial charge >= 0.3 is 0 Å². The molecule has 0 aliphatic carbocycles. The number of piperazine rings is 1. The number of benzene rings is 2. The number of rotatable bonds is 4. The zero-order valence-corrected chi connectivity index (χ0v) is 15.4. The molecule has 2 aromatic rings. The number of ketones is 1. The van der Waals surface area contributed by atoms with Gasteiger partial charge in [-0.3, -0.25) is 9.59 Å². The van der Waals surface area contributed by atoms with Crippen molar-refractivity contribution in [2.45, 2.75) is 24.8 Å². The summed E-state index contributed by atoms with van der Waals surface area (Å²) in [7, 11) is -3.89. The zero-order chi connectivity index (χ0) is 18.9. The second-order valence-corrected chi connectivity index (χ2v) is 8.19. The van der Waals surface area contributed by atoms with Crippen molar-refractivity contribution in [3.63, 3.8) is 0 Å². The molecule has 0 radical (unpaired) electrons. The summed E-state index contributed by atoms with van der Waals surface area (Å²) in [5.74, 6) is -0.477. The van der Waals surface area contributed by atoms with E-state index in [4.69, 9.17) is 0 Å². The summed E-state index contributed by atoms with van der Waals surface area (Å²) in [5.41, 5.74) is 2.02. The monoisotopic (exact) mass is 372 g/mol. The van der Waals surface area contributed by atoms with E-state index in [0.29, 0.717) is 11.1 Å². The van der Waals surface area contributed by atoms with E-state index in [9.17, 15) is 18.0 Å². The first kappa shape index (κ1) is 18.3. The van der Waals surface area contributed by atoms with Gasteiger partial charge in [-0.05, 0) is 31.5 Å². The Hall–Kier alpha value is -2.51. The fourth-order valence-electron chi connectivity index (χ4n) is 3.06. The first-order valence-corrected chi connectivity index (χ1v) is 9.72. The average molecular weight is 372 g/mol. The molecule has 1 atom stereocenters. The molecule has 1 amide bonds. The molecular weight excluding hydrogens is 352 g/mol. The lowest BCUT2D eigenvalue weighted by Gasteiger charge is -2.34. The van der Waals surface area contributed by atoms with Gasteiger partial charge in [-0.1, -0.05) is 42.0 Å².